The van der Waals surface area contributed by atoms with Gasteiger partial charge < -0.3 is 15.8 Å². The zero-order valence-electron chi connectivity index (χ0n) is 10.5. The Morgan fingerprint density at radius 3 is 3.17 bits per heavy atom. The van der Waals surface area contributed by atoms with Crippen LogP contribution in [0.1, 0.15) is 25.3 Å². The lowest BCUT2D eigenvalue weighted by molar-refractivity contribution is -0.118. The molecule has 3 N–H and O–H groups in total. The second-order valence-corrected chi connectivity index (χ2v) is 4.55. The summed E-state index contributed by atoms with van der Waals surface area (Å²) in [6.07, 6.45) is 6.05. The Morgan fingerprint density at radius 1 is 1.56 bits per heavy atom. The maximum atomic E-state index is 11.2. The molecule has 0 aliphatic carbocycles. The number of fused-ring (bicyclic) bond motifs is 1. The Labute approximate surface area is 107 Å². The summed E-state index contributed by atoms with van der Waals surface area (Å²) in [5, 5.41) is 2.79. The first-order valence-electron chi connectivity index (χ1n) is 6.14. The van der Waals surface area contributed by atoms with Crippen molar-refractivity contribution in [2.45, 2.75) is 25.8 Å². The van der Waals surface area contributed by atoms with Crippen LogP contribution in [0.5, 0.6) is 5.75 Å². The molecule has 4 heteroatoms. The van der Waals surface area contributed by atoms with Crippen LogP contribution in [0.2, 0.25) is 0 Å². The van der Waals surface area contributed by atoms with Crippen LogP contribution in [-0.4, -0.2) is 18.6 Å². The van der Waals surface area contributed by atoms with Crippen molar-refractivity contribution in [2.24, 2.45) is 5.73 Å². The largest absolute Gasteiger partial charge is 0.482 e. The molecule has 1 amide bonds. The topological polar surface area (TPSA) is 64.3 Å². The summed E-state index contributed by atoms with van der Waals surface area (Å²) in [5.74, 6) is 0.614. The van der Waals surface area contributed by atoms with E-state index in [9.17, 15) is 4.79 Å². The van der Waals surface area contributed by atoms with E-state index in [0.717, 1.165) is 29.8 Å². The minimum Gasteiger partial charge on any atom is -0.482 e. The number of benzene rings is 1. The summed E-state index contributed by atoms with van der Waals surface area (Å²) in [6, 6.07) is 5.99. The third-order valence-corrected chi connectivity index (χ3v) is 2.74. The van der Waals surface area contributed by atoms with Gasteiger partial charge in [0.05, 0.1) is 5.69 Å². The van der Waals surface area contributed by atoms with Crippen molar-refractivity contribution in [3.8, 4) is 5.75 Å². The number of hydrogen-bond acceptors (Lipinski definition) is 3. The van der Waals surface area contributed by atoms with Gasteiger partial charge in [-0.3, -0.25) is 4.79 Å². The first-order chi connectivity index (χ1) is 8.65. The van der Waals surface area contributed by atoms with E-state index in [1.807, 2.05) is 31.2 Å². The second-order valence-electron chi connectivity index (χ2n) is 4.55. The van der Waals surface area contributed by atoms with Gasteiger partial charge in [0.25, 0.3) is 5.91 Å². The molecule has 2 rings (SSSR count). The molecule has 1 aromatic rings. The number of hydrogen-bond donors (Lipinski definition) is 2. The predicted molar refractivity (Wildman–Crippen MR) is 72.5 cm³/mol. The molecule has 0 bridgehead atoms. The second kappa shape index (κ2) is 5.69. The molecule has 18 heavy (non-hydrogen) atoms. The molecule has 0 spiro atoms. The van der Waals surface area contributed by atoms with Gasteiger partial charge in [-0.1, -0.05) is 18.2 Å². The number of carbonyl (C=O) groups excluding carboxylic acids is 1. The quantitative estimate of drug-likeness (QED) is 0.855. The Hall–Kier alpha value is -1.81. The van der Waals surface area contributed by atoms with Gasteiger partial charge >= 0.3 is 0 Å². The number of carbonyl (C=O) groups is 1. The monoisotopic (exact) mass is 246 g/mol. The van der Waals surface area contributed by atoms with Crippen molar-refractivity contribution in [2.75, 3.05) is 11.9 Å². The third kappa shape index (κ3) is 3.34. The first kappa shape index (κ1) is 12.6. The zero-order valence-corrected chi connectivity index (χ0v) is 10.5. The van der Waals surface area contributed by atoms with Gasteiger partial charge in [0.15, 0.2) is 6.61 Å². The van der Waals surface area contributed by atoms with Crippen molar-refractivity contribution in [3.63, 3.8) is 0 Å². The number of nitrogens with one attached hydrogen (secondary N) is 1. The maximum absolute atomic E-state index is 11.2. The lowest BCUT2D eigenvalue weighted by Gasteiger charge is -2.17. The summed E-state index contributed by atoms with van der Waals surface area (Å²) in [6.45, 7) is 2.09. The third-order valence-electron chi connectivity index (χ3n) is 2.74. The van der Waals surface area contributed by atoms with Crippen LogP contribution in [-0.2, 0) is 4.79 Å². The lowest BCUT2D eigenvalue weighted by Crippen LogP contribution is -2.25. The predicted octanol–water partition coefficient (Wildman–Crippen LogP) is 2.16. The van der Waals surface area contributed by atoms with E-state index in [0.29, 0.717) is 0 Å². The van der Waals surface area contributed by atoms with Gasteiger partial charge in [0.1, 0.15) is 5.75 Å². The molecule has 1 atom stereocenters. The minimum absolute atomic E-state index is 0.0938. The molecule has 0 fully saturated rings. The number of rotatable bonds is 4. The van der Waals surface area contributed by atoms with Gasteiger partial charge in [-0.25, -0.2) is 0 Å². The fourth-order valence-corrected chi connectivity index (χ4v) is 1.78. The van der Waals surface area contributed by atoms with Crippen LogP contribution in [0, 0.1) is 0 Å². The van der Waals surface area contributed by atoms with Crippen molar-refractivity contribution >= 4 is 17.7 Å². The smallest absolute Gasteiger partial charge is 0.262 e. The molecular formula is C14H18N2O2. The number of nitrogens with two attached hydrogens (primary N) is 1. The fraction of sp³-hybridized carbons (Fsp3) is 0.357. The average molecular weight is 246 g/mol. The number of anilines is 1. The number of allylic oxidation sites excluding steroid dienone is 1. The molecule has 0 radical (unpaired) electrons. The first-order valence-corrected chi connectivity index (χ1v) is 6.14. The summed E-state index contributed by atoms with van der Waals surface area (Å²) in [7, 11) is 0. The molecule has 1 aliphatic heterocycles. The Kier molecular flexibility index (Phi) is 3.99. The van der Waals surface area contributed by atoms with E-state index < -0.39 is 0 Å². The summed E-state index contributed by atoms with van der Waals surface area (Å²) < 4.78 is 5.30. The lowest BCUT2D eigenvalue weighted by atomic mass is 10.1. The molecule has 1 unspecified atom stereocenters. The van der Waals surface area contributed by atoms with Crippen LogP contribution in [0.25, 0.3) is 6.08 Å². The molecule has 96 valence electrons. The number of amides is 1. The SMILES string of the molecule is CC(N)CC/C=C/c1ccc2c(c1)NC(=O)CO2. The van der Waals surface area contributed by atoms with Crippen molar-refractivity contribution < 1.29 is 9.53 Å². The van der Waals surface area contributed by atoms with Crippen LogP contribution in [0.4, 0.5) is 5.69 Å². The van der Waals surface area contributed by atoms with Gasteiger partial charge in [-0.2, -0.15) is 0 Å². The Balaban J connectivity index is 2.02. The molecule has 4 nitrogen and oxygen atoms in total. The summed E-state index contributed by atoms with van der Waals surface area (Å²) >= 11 is 0. The molecule has 0 saturated heterocycles. The average Bonchev–Trinajstić information content (AvgIpc) is 2.34. The molecule has 0 aromatic heterocycles. The standard InChI is InChI=1S/C14H18N2O2/c1-10(15)4-2-3-5-11-6-7-13-12(8-11)16-14(17)9-18-13/h3,5-8,10H,2,4,9,15H2,1H3,(H,16,17)/b5-3+. The highest BCUT2D eigenvalue weighted by atomic mass is 16.5. The van der Waals surface area contributed by atoms with Crippen LogP contribution in [0.3, 0.4) is 0 Å². The molecule has 1 aliphatic rings. The summed E-state index contributed by atoms with van der Waals surface area (Å²) in [4.78, 5) is 11.2. The van der Waals surface area contributed by atoms with Crippen molar-refractivity contribution in [1.29, 1.82) is 0 Å². The van der Waals surface area contributed by atoms with E-state index >= 15 is 0 Å². The fourth-order valence-electron chi connectivity index (χ4n) is 1.78. The number of ether oxygens (including phenoxy) is 1. The van der Waals surface area contributed by atoms with Crippen LogP contribution < -0.4 is 15.8 Å². The Morgan fingerprint density at radius 2 is 2.39 bits per heavy atom. The Bertz CT molecular complexity index is 467. The van der Waals surface area contributed by atoms with E-state index in [4.69, 9.17) is 10.5 Å². The van der Waals surface area contributed by atoms with Crippen LogP contribution >= 0.6 is 0 Å². The van der Waals surface area contributed by atoms with E-state index in [-0.39, 0.29) is 18.6 Å². The highest BCUT2D eigenvalue weighted by Gasteiger charge is 2.15. The molecular weight excluding hydrogens is 228 g/mol. The van der Waals surface area contributed by atoms with Crippen molar-refractivity contribution in [1.82, 2.24) is 0 Å². The zero-order chi connectivity index (χ0) is 13.0. The minimum atomic E-state index is -0.111. The van der Waals surface area contributed by atoms with Gasteiger partial charge in [0, 0.05) is 6.04 Å². The normalized spacial score (nSPS) is 16.0. The molecule has 1 aromatic carbocycles. The van der Waals surface area contributed by atoms with E-state index in [2.05, 4.69) is 11.4 Å². The molecule has 0 saturated carbocycles. The van der Waals surface area contributed by atoms with Gasteiger partial charge in [-0.15, -0.1) is 0 Å². The van der Waals surface area contributed by atoms with Gasteiger partial charge in [0.2, 0.25) is 0 Å². The van der Waals surface area contributed by atoms with E-state index in [1.54, 1.807) is 0 Å². The van der Waals surface area contributed by atoms with Crippen molar-refractivity contribution in [3.05, 3.63) is 29.8 Å². The van der Waals surface area contributed by atoms with E-state index in [1.165, 1.54) is 0 Å². The molecule has 1 heterocycles. The highest BCUT2D eigenvalue weighted by Crippen LogP contribution is 2.28. The van der Waals surface area contributed by atoms with Gasteiger partial charge in [-0.05, 0) is 37.5 Å². The van der Waals surface area contributed by atoms with Crippen LogP contribution in [0.15, 0.2) is 24.3 Å². The highest BCUT2D eigenvalue weighted by molar-refractivity contribution is 5.95. The summed E-state index contributed by atoms with van der Waals surface area (Å²) in [5.41, 5.74) is 7.46. The maximum Gasteiger partial charge on any atom is 0.262 e.